The Bertz CT molecular complexity index is 526. The third-order valence-electron chi connectivity index (χ3n) is 2.90. The molecule has 0 fully saturated rings. The van der Waals surface area contributed by atoms with Crippen molar-refractivity contribution in [2.45, 2.75) is 20.4 Å². The van der Waals surface area contributed by atoms with Crippen molar-refractivity contribution in [1.29, 1.82) is 0 Å². The molecule has 0 amide bonds. The lowest BCUT2D eigenvalue weighted by molar-refractivity contribution is 0.475. The van der Waals surface area contributed by atoms with Gasteiger partial charge in [-0.1, -0.05) is 28.1 Å². The first-order valence-corrected chi connectivity index (χ1v) is 6.64. The van der Waals surface area contributed by atoms with Crippen LogP contribution in [0.3, 0.4) is 0 Å². The molecule has 0 aliphatic carbocycles. The quantitative estimate of drug-likeness (QED) is 0.882. The van der Waals surface area contributed by atoms with Gasteiger partial charge in [0.15, 0.2) is 0 Å². The minimum atomic E-state index is 0.301. The van der Waals surface area contributed by atoms with Crippen LogP contribution in [-0.2, 0) is 6.54 Å². The Hall–Kier alpha value is -1.48. The number of anilines is 1. The van der Waals surface area contributed by atoms with Crippen molar-refractivity contribution in [3.05, 3.63) is 57.6 Å². The summed E-state index contributed by atoms with van der Waals surface area (Å²) in [5, 5.41) is 12.7. The fourth-order valence-corrected chi connectivity index (χ4v) is 2.68. The Morgan fingerprint density at radius 1 is 1.06 bits per heavy atom. The third kappa shape index (κ3) is 3.05. The summed E-state index contributed by atoms with van der Waals surface area (Å²) >= 11 is 3.50. The number of halogens is 1. The van der Waals surface area contributed by atoms with Crippen molar-refractivity contribution >= 4 is 21.6 Å². The summed E-state index contributed by atoms with van der Waals surface area (Å²) in [6.07, 6.45) is 0. The molecule has 0 aliphatic heterocycles. The summed E-state index contributed by atoms with van der Waals surface area (Å²) in [5.41, 5.74) is 4.77. The number of hydrogen-bond donors (Lipinski definition) is 2. The molecule has 2 nitrogen and oxygen atoms in total. The van der Waals surface area contributed by atoms with Crippen molar-refractivity contribution in [1.82, 2.24) is 0 Å². The van der Waals surface area contributed by atoms with Crippen LogP contribution in [0.5, 0.6) is 5.75 Å². The molecule has 2 rings (SSSR count). The molecule has 0 aliphatic rings. The van der Waals surface area contributed by atoms with E-state index in [9.17, 15) is 5.11 Å². The first-order valence-electron chi connectivity index (χ1n) is 5.85. The van der Waals surface area contributed by atoms with Gasteiger partial charge in [0.1, 0.15) is 5.75 Å². The van der Waals surface area contributed by atoms with E-state index in [1.165, 1.54) is 16.8 Å². The summed E-state index contributed by atoms with van der Waals surface area (Å²) in [6.45, 7) is 4.94. The van der Waals surface area contributed by atoms with Gasteiger partial charge in [0, 0.05) is 16.7 Å². The van der Waals surface area contributed by atoms with Crippen LogP contribution in [0.4, 0.5) is 5.69 Å². The van der Waals surface area contributed by atoms with E-state index in [1.54, 1.807) is 12.1 Å². The van der Waals surface area contributed by atoms with Crippen LogP contribution in [0.1, 0.15) is 16.7 Å². The highest BCUT2D eigenvalue weighted by Crippen LogP contribution is 2.25. The number of nitrogens with one attached hydrogen (secondary N) is 1. The molecule has 2 aromatic rings. The SMILES string of the molecule is Cc1cc(Br)cc(C)c1NCc1ccc(O)cc1. The molecule has 0 bridgehead atoms. The van der Waals surface area contributed by atoms with E-state index < -0.39 is 0 Å². The van der Waals surface area contributed by atoms with Gasteiger partial charge in [0.25, 0.3) is 0 Å². The molecule has 0 aromatic heterocycles. The van der Waals surface area contributed by atoms with Crippen LogP contribution < -0.4 is 5.32 Å². The summed E-state index contributed by atoms with van der Waals surface area (Å²) in [7, 11) is 0. The second kappa shape index (κ2) is 5.44. The smallest absolute Gasteiger partial charge is 0.115 e. The van der Waals surface area contributed by atoms with Crippen molar-refractivity contribution in [3.63, 3.8) is 0 Å². The van der Waals surface area contributed by atoms with Crippen LogP contribution in [-0.4, -0.2) is 5.11 Å². The van der Waals surface area contributed by atoms with Gasteiger partial charge < -0.3 is 10.4 Å². The molecule has 0 heterocycles. The zero-order valence-corrected chi connectivity index (χ0v) is 12.1. The van der Waals surface area contributed by atoms with Crippen molar-refractivity contribution in [3.8, 4) is 5.75 Å². The van der Waals surface area contributed by atoms with Crippen molar-refractivity contribution < 1.29 is 5.11 Å². The molecule has 0 unspecified atom stereocenters. The van der Waals surface area contributed by atoms with Crippen LogP contribution in [0.2, 0.25) is 0 Å². The Balaban J connectivity index is 2.13. The lowest BCUT2D eigenvalue weighted by Crippen LogP contribution is -2.02. The molecule has 3 heteroatoms. The number of phenols is 1. The highest BCUT2D eigenvalue weighted by Gasteiger charge is 2.03. The average molecular weight is 306 g/mol. The zero-order chi connectivity index (χ0) is 13.1. The maximum absolute atomic E-state index is 9.24. The maximum atomic E-state index is 9.24. The molecule has 0 radical (unpaired) electrons. The van der Waals surface area contributed by atoms with E-state index >= 15 is 0 Å². The Morgan fingerprint density at radius 2 is 1.61 bits per heavy atom. The first-order chi connectivity index (χ1) is 8.56. The van der Waals surface area contributed by atoms with Gasteiger partial charge >= 0.3 is 0 Å². The first kappa shape index (κ1) is 13.0. The van der Waals surface area contributed by atoms with Gasteiger partial charge in [-0.2, -0.15) is 0 Å². The lowest BCUT2D eigenvalue weighted by Gasteiger charge is -2.13. The molecule has 0 saturated carbocycles. The second-order valence-electron chi connectivity index (χ2n) is 4.43. The molecule has 94 valence electrons. The van der Waals surface area contributed by atoms with Gasteiger partial charge in [0.2, 0.25) is 0 Å². The minimum Gasteiger partial charge on any atom is -0.508 e. The van der Waals surface area contributed by atoms with Gasteiger partial charge in [-0.25, -0.2) is 0 Å². The largest absolute Gasteiger partial charge is 0.508 e. The molecule has 0 saturated heterocycles. The highest BCUT2D eigenvalue weighted by atomic mass is 79.9. The standard InChI is InChI=1S/C15H16BrNO/c1-10-7-13(16)8-11(2)15(10)17-9-12-3-5-14(18)6-4-12/h3-8,17-18H,9H2,1-2H3. The normalized spacial score (nSPS) is 10.4. The molecular weight excluding hydrogens is 290 g/mol. The number of benzene rings is 2. The number of rotatable bonds is 3. The van der Waals surface area contributed by atoms with Crippen LogP contribution >= 0.6 is 15.9 Å². The summed E-state index contributed by atoms with van der Waals surface area (Å²) in [4.78, 5) is 0. The van der Waals surface area contributed by atoms with Crippen LogP contribution in [0.15, 0.2) is 40.9 Å². The van der Waals surface area contributed by atoms with E-state index in [4.69, 9.17) is 0 Å². The molecule has 2 N–H and O–H groups in total. The van der Waals surface area contributed by atoms with Gasteiger partial charge in [-0.3, -0.25) is 0 Å². The van der Waals surface area contributed by atoms with Crippen molar-refractivity contribution in [2.24, 2.45) is 0 Å². The Morgan fingerprint density at radius 3 is 2.17 bits per heavy atom. The molecule has 18 heavy (non-hydrogen) atoms. The van der Waals surface area contributed by atoms with E-state index in [1.807, 2.05) is 12.1 Å². The fourth-order valence-electron chi connectivity index (χ4n) is 1.99. The van der Waals surface area contributed by atoms with E-state index in [2.05, 4.69) is 47.2 Å². The maximum Gasteiger partial charge on any atom is 0.115 e. The molecule has 2 aromatic carbocycles. The molecule has 0 atom stereocenters. The van der Waals surface area contributed by atoms with Gasteiger partial charge in [-0.15, -0.1) is 0 Å². The molecular formula is C15H16BrNO. The predicted octanol–water partition coefficient (Wildman–Crippen LogP) is 4.38. The fraction of sp³-hybridized carbons (Fsp3) is 0.200. The predicted molar refractivity (Wildman–Crippen MR) is 79.0 cm³/mol. The van der Waals surface area contributed by atoms with E-state index in [0.717, 1.165) is 16.6 Å². The highest BCUT2D eigenvalue weighted by molar-refractivity contribution is 9.10. The van der Waals surface area contributed by atoms with Gasteiger partial charge in [0.05, 0.1) is 0 Å². The topological polar surface area (TPSA) is 32.3 Å². The van der Waals surface area contributed by atoms with Crippen LogP contribution in [0, 0.1) is 13.8 Å². The summed E-state index contributed by atoms with van der Waals surface area (Å²) in [5.74, 6) is 0.301. The number of phenolic OH excluding ortho intramolecular Hbond substituents is 1. The number of hydrogen-bond acceptors (Lipinski definition) is 2. The minimum absolute atomic E-state index is 0.301. The Labute approximate surface area is 116 Å². The van der Waals surface area contributed by atoms with Crippen molar-refractivity contribution in [2.75, 3.05) is 5.32 Å². The number of aryl methyl sites for hydroxylation is 2. The van der Waals surface area contributed by atoms with E-state index in [-0.39, 0.29) is 0 Å². The van der Waals surface area contributed by atoms with Gasteiger partial charge in [-0.05, 0) is 54.8 Å². The third-order valence-corrected chi connectivity index (χ3v) is 3.36. The summed E-state index contributed by atoms with van der Waals surface area (Å²) < 4.78 is 1.10. The average Bonchev–Trinajstić information content (AvgIpc) is 2.30. The lowest BCUT2D eigenvalue weighted by atomic mass is 10.1. The summed E-state index contributed by atoms with van der Waals surface area (Å²) in [6, 6.07) is 11.5. The van der Waals surface area contributed by atoms with E-state index in [0.29, 0.717) is 5.75 Å². The monoisotopic (exact) mass is 305 g/mol. The van der Waals surface area contributed by atoms with Crippen LogP contribution in [0.25, 0.3) is 0 Å². The number of aromatic hydroxyl groups is 1. The molecule has 0 spiro atoms. The Kier molecular flexibility index (Phi) is 3.92. The second-order valence-corrected chi connectivity index (χ2v) is 5.35. The zero-order valence-electron chi connectivity index (χ0n) is 10.5.